The first-order valence-electron chi connectivity index (χ1n) is 12.2. The topological polar surface area (TPSA) is 61.8 Å². The Morgan fingerprint density at radius 2 is 1.31 bits per heavy atom. The minimum Gasteiger partial charge on any atom is -0.465 e. The molecule has 5 nitrogen and oxygen atoms in total. The Morgan fingerprint density at radius 3 is 1.90 bits per heavy atom. The molecule has 3 atom stereocenters. The number of hydrogen-bond acceptors (Lipinski definition) is 5. The Balaban J connectivity index is 1.69. The summed E-state index contributed by atoms with van der Waals surface area (Å²) >= 11 is 0. The van der Waals surface area contributed by atoms with E-state index in [-0.39, 0.29) is 18.0 Å². The summed E-state index contributed by atoms with van der Waals surface area (Å²) in [4.78, 5) is 25.4. The summed E-state index contributed by atoms with van der Waals surface area (Å²) in [7, 11) is 0. The molecule has 3 unspecified atom stereocenters. The van der Waals surface area contributed by atoms with Gasteiger partial charge in [-0.05, 0) is 25.7 Å². The van der Waals surface area contributed by atoms with Crippen LogP contribution in [0, 0.1) is 5.92 Å². The molecule has 2 saturated heterocycles. The number of carbonyl (C=O) groups excluding carboxylic acids is 2. The number of rotatable bonds is 16. The summed E-state index contributed by atoms with van der Waals surface area (Å²) in [5, 5.41) is 0. The van der Waals surface area contributed by atoms with Gasteiger partial charge in [-0.3, -0.25) is 4.79 Å². The van der Waals surface area contributed by atoms with Crippen molar-refractivity contribution >= 4 is 11.9 Å². The zero-order valence-electron chi connectivity index (χ0n) is 18.7. The first-order valence-corrected chi connectivity index (χ1v) is 12.2. The zero-order chi connectivity index (χ0) is 21.0. The molecular weight excluding hydrogens is 368 g/mol. The lowest BCUT2D eigenvalue weighted by molar-refractivity contribution is -0.268. The van der Waals surface area contributed by atoms with E-state index in [1.54, 1.807) is 0 Å². The van der Waals surface area contributed by atoms with Crippen molar-refractivity contribution in [3.05, 3.63) is 0 Å². The van der Waals surface area contributed by atoms with Gasteiger partial charge in [-0.15, -0.1) is 0 Å². The molecule has 0 N–H and O–H groups in total. The molecule has 2 aliphatic heterocycles. The molecule has 29 heavy (non-hydrogen) atoms. The minimum absolute atomic E-state index is 0.0965. The second-order valence-corrected chi connectivity index (χ2v) is 8.80. The summed E-state index contributed by atoms with van der Waals surface area (Å²) in [5.41, 5.74) is -1.08. The third-order valence-corrected chi connectivity index (χ3v) is 6.35. The van der Waals surface area contributed by atoms with Crippen molar-refractivity contribution in [2.45, 2.75) is 122 Å². The van der Waals surface area contributed by atoms with Gasteiger partial charge in [0, 0.05) is 6.42 Å². The van der Waals surface area contributed by atoms with Crippen LogP contribution in [-0.2, 0) is 23.8 Å². The molecule has 168 valence electrons. The molecule has 0 spiro atoms. The highest BCUT2D eigenvalue weighted by Crippen LogP contribution is 2.49. The van der Waals surface area contributed by atoms with E-state index in [1.165, 1.54) is 51.4 Å². The van der Waals surface area contributed by atoms with Crippen LogP contribution in [-0.4, -0.2) is 36.9 Å². The third kappa shape index (κ3) is 7.27. The van der Waals surface area contributed by atoms with Crippen molar-refractivity contribution in [1.29, 1.82) is 0 Å². The molecule has 0 radical (unpaired) electrons. The van der Waals surface area contributed by atoms with E-state index >= 15 is 0 Å². The molecule has 5 heteroatoms. The van der Waals surface area contributed by atoms with Gasteiger partial charge in [0.25, 0.3) is 0 Å². The van der Waals surface area contributed by atoms with Gasteiger partial charge in [0.15, 0.2) is 5.60 Å². The van der Waals surface area contributed by atoms with E-state index < -0.39 is 11.5 Å². The first-order chi connectivity index (χ1) is 14.1. The van der Waals surface area contributed by atoms with Crippen molar-refractivity contribution in [2.75, 3.05) is 13.2 Å². The van der Waals surface area contributed by atoms with Crippen LogP contribution in [0.2, 0.25) is 0 Å². The molecule has 1 saturated carbocycles. The van der Waals surface area contributed by atoms with Crippen LogP contribution in [0.3, 0.4) is 0 Å². The molecule has 0 amide bonds. The first kappa shape index (κ1) is 24.2. The minimum atomic E-state index is -1.08. The zero-order valence-corrected chi connectivity index (χ0v) is 18.7. The summed E-state index contributed by atoms with van der Waals surface area (Å²) in [5.74, 6) is -1.15. The molecule has 2 heterocycles. The molecule has 3 fully saturated rings. The van der Waals surface area contributed by atoms with Crippen LogP contribution in [0.1, 0.15) is 110 Å². The Morgan fingerprint density at radius 1 is 0.793 bits per heavy atom. The van der Waals surface area contributed by atoms with Crippen LogP contribution >= 0.6 is 0 Å². The highest BCUT2D eigenvalue weighted by atomic mass is 16.6. The van der Waals surface area contributed by atoms with E-state index in [0.29, 0.717) is 26.1 Å². The van der Waals surface area contributed by atoms with Crippen molar-refractivity contribution in [2.24, 2.45) is 5.92 Å². The van der Waals surface area contributed by atoms with E-state index in [1.807, 2.05) is 0 Å². The van der Waals surface area contributed by atoms with Crippen LogP contribution in [0.5, 0.6) is 0 Å². The number of ether oxygens (including phenoxy) is 3. The lowest BCUT2D eigenvalue weighted by Gasteiger charge is -2.53. The van der Waals surface area contributed by atoms with Crippen molar-refractivity contribution in [1.82, 2.24) is 0 Å². The average Bonchev–Trinajstić information content (AvgIpc) is 2.71. The normalized spacial score (nSPS) is 25.3. The van der Waals surface area contributed by atoms with Crippen molar-refractivity contribution in [3.8, 4) is 0 Å². The number of unbranched alkanes of at least 4 members (excludes halogenated alkanes) is 10. The molecule has 2 bridgehead atoms. The second-order valence-electron chi connectivity index (χ2n) is 8.80. The maximum absolute atomic E-state index is 12.7. The van der Waals surface area contributed by atoms with Gasteiger partial charge in [-0.1, -0.05) is 78.1 Å². The third-order valence-electron chi connectivity index (χ3n) is 6.35. The number of hydrogen-bond donors (Lipinski definition) is 0. The van der Waals surface area contributed by atoms with Crippen LogP contribution < -0.4 is 0 Å². The maximum atomic E-state index is 12.7. The van der Waals surface area contributed by atoms with Crippen LogP contribution in [0.15, 0.2) is 0 Å². The van der Waals surface area contributed by atoms with Crippen molar-refractivity contribution < 1.29 is 23.8 Å². The largest absolute Gasteiger partial charge is 0.465 e. The Kier molecular flexibility index (Phi) is 11.0. The average molecular weight is 411 g/mol. The summed E-state index contributed by atoms with van der Waals surface area (Å²) < 4.78 is 16.9. The van der Waals surface area contributed by atoms with Gasteiger partial charge in [0.05, 0.1) is 25.2 Å². The van der Waals surface area contributed by atoms with Crippen molar-refractivity contribution in [3.63, 3.8) is 0 Å². The molecule has 0 aromatic rings. The molecule has 1 aliphatic carbocycles. The number of fused-ring (bicyclic) bond motifs is 2. The van der Waals surface area contributed by atoms with E-state index in [2.05, 4.69) is 13.8 Å². The standard InChI is InChI=1S/C24H42O5/c1-3-5-7-9-11-13-17-27-22(25)21-16-15-20-19-24(21,29-20)23(26)28-18-14-12-10-8-6-4-2/h20-21H,3-19H2,1-2H3. The molecule has 0 aromatic heterocycles. The maximum Gasteiger partial charge on any atom is 0.339 e. The predicted octanol–water partition coefficient (Wildman–Crippen LogP) is 5.73. The number of esters is 2. The molecular formula is C24H42O5. The lowest BCUT2D eigenvalue weighted by atomic mass is 9.69. The fraction of sp³-hybridized carbons (Fsp3) is 0.917. The van der Waals surface area contributed by atoms with Crippen LogP contribution in [0.4, 0.5) is 0 Å². The van der Waals surface area contributed by atoms with Gasteiger partial charge in [0.1, 0.15) is 0 Å². The second kappa shape index (κ2) is 13.3. The van der Waals surface area contributed by atoms with Gasteiger partial charge >= 0.3 is 11.9 Å². The van der Waals surface area contributed by atoms with Crippen LogP contribution in [0.25, 0.3) is 0 Å². The quantitative estimate of drug-likeness (QED) is 0.240. The Hall–Kier alpha value is -1.10. The summed E-state index contributed by atoms with van der Waals surface area (Å²) in [6.07, 6.45) is 16.0. The summed E-state index contributed by atoms with van der Waals surface area (Å²) in [6, 6.07) is 0. The fourth-order valence-electron chi connectivity index (χ4n) is 4.50. The lowest BCUT2D eigenvalue weighted by Crippen LogP contribution is -2.66. The van der Waals surface area contributed by atoms with Gasteiger partial charge in [-0.2, -0.15) is 0 Å². The van der Waals surface area contributed by atoms with E-state index in [4.69, 9.17) is 14.2 Å². The van der Waals surface area contributed by atoms with E-state index in [0.717, 1.165) is 32.1 Å². The predicted molar refractivity (Wildman–Crippen MR) is 114 cm³/mol. The highest BCUT2D eigenvalue weighted by molar-refractivity contribution is 5.89. The molecule has 3 aliphatic rings. The smallest absolute Gasteiger partial charge is 0.339 e. The van der Waals surface area contributed by atoms with E-state index in [9.17, 15) is 9.59 Å². The Bertz CT molecular complexity index is 484. The van der Waals surface area contributed by atoms with Gasteiger partial charge in [-0.25, -0.2) is 4.79 Å². The summed E-state index contributed by atoms with van der Waals surface area (Å²) in [6.45, 7) is 5.26. The molecule has 0 aromatic carbocycles. The van der Waals surface area contributed by atoms with Gasteiger partial charge < -0.3 is 14.2 Å². The SMILES string of the molecule is CCCCCCCCOC(=O)C1CCC2CC1(C(=O)OCCCCCCCC)O2. The molecule has 3 rings (SSSR count). The fourth-order valence-corrected chi connectivity index (χ4v) is 4.50. The Labute approximate surface area is 177 Å². The highest BCUT2D eigenvalue weighted by Gasteiger charge is 2.63. The number of carbonyl (C=O) groups is 2. The monoisotopic (exact) mass is 410 g/mol. The van der Waals surface area contributed by atoms with Gasteiger partial charge in [0.2, 0.25) is 0 Å².